The van der Waals surface area contributed by atoms with Crippen molar-refractivity contribution in [3.8, 4) is 0 Å². The minimum atomic E-state index is -4.85. The lowest BCUT2D eigenvalue weighted by Gasteiger charge is -2.20. The van der Waals surface area contributed by atoms with Crippen LogP contribution >= 0.6 is 15.2 Å². The van der Waals surface area contributed by atoms with Crippen LogP contribution in [0.5, 0.6) is 0 Å². The largest absolute Gasteiger partial charge is 0.380 e. The average Bonchev–Trinajstić information content (AvgIpc) is 1.80. The normalized spacial score (nSPS) is 18.8. The summed E-state index contributed by atoms with van der Waals surface area (Å²) in [6, 6.07) is 0. The van der Waals surface area contributed by atoms with Gasteiger partial charge in [0.25, 0.3) is 0 Å². The molecule has 0 aromatic carbocycles. The minimum absolute atomic E-state index is 0.866. The van der Waals surface area contributed by atoms with E-state index in [0.717, 1.165) is 6.92 Å². The molecule has 12 heavy (non-hydrogen) atoms. The first-order valence-corrected chi connectivity index (χ1v) is 6.21. The van der Waals surface area contributed by atoms with Crippen molar-refractivity contribution in [2.75, 3.05) is 0 Å². The van der Waals surface area contributed by atoms with Gasteiger partial charge in [-0.15, -0.1) is 0 Å². The highest BCUT2D eigenvalue weighted by atomic mass is 31.2. The molecule has 0 amide bonds. The lowest BCUT2D eigenvalue weighted by Crippen LogP contribution is -2.22. The smallest absolute Gasteiger partial charge is 0.354 e. The maximum atomic E-state index is 10.4. The fourth-order valence-corrected chi connectivity index (χ4v) is 2.41. The van der Waals surface area contributed by atoms with E-state index in [-0.39, 0.29) is 0 Å². The molecular weight excluding hydrogens is 210 g/mol. The molecule has 0 fully saturated rings. The van der Waals surface area contributed by atoms with E-state index in [1.54, 1.807) is 0 Å². The van der Waals surface area contributed by atoms with E-state index in [9.17, 15) is 9.13 Å². The van der Waals surface area contributed by atoms with Crippen LogP contribution < -0.4 is 0 Å². The molecule has 0 radical (unpaired) electrons. The maximum absolute atomic E-state index is 10.4. The van der Waals surface area contributed by atoms with Crippen molar-refractivity contribution >= 4 is 15.2 Å². The van der Waals surface area contributed by atoms with Gasteiger partial charge in [-0.1, -0.05) is 0 Å². The summed E-state index contributed by atoms with van der Waals surface area (Å²) in [5, 5.41) is 8.73. The maximum Gasteiger partial charge on any atom is 0.354 e. The minimum Gasteiger partial charge on any atom is -0.380 e. The van der Waals surface area contributed by atoms with Crippen LogP contribution in [0.3, 0.4) is 0 Å². The molecule has 0 aromatic heterocycles. The summed E-state index contributed by atoms with van der Waals surface area (Å²) in [6.07, 6.45) is 0. The van der Waals surface area contributed by atoms with E-state index in [1.807, 2.05) is 0 Å². The van der Waals surface area contributed by atoms with E-state index in [1.165, 1.54) is 0 Å². The Morgan fingerprint density at radius 2 is 1.33 bits per heavy atom. The van der Waals surface area contributed by atoms with Crippen LogP contribution in [-0.2, 0) is 9.13 Å². The Morgan fingerprint density at radius 3 is 1.42 bits per heavy atom. The second-order valence-electron chi connectivity index (χ2n) is 2.33. The number of aliphatic hydroxyl groups excluding tert-OH is 1. The zero-order chi connectivity index (χ0) is 10.2. The van der Waals surface area contributed by atoms with E-state index in [4.69, 9.17) is 24.7 Å². The standard InChI is InChI=1S/C3H10O7P2/c1-2(11(5,6)7)3(4)12(8,9)10/h2-4H,1H3,(H2,5,6,7)(H2,8,9,10). The summed E-state index contributed by atoms with van der Waals surface area (Å²) < 4.78 is 20.7. The van der Waals surface area contributed by atoms with Gasteiger partial charge in [0.1, 0.15) is 0 Å². The van der Waals surface area contributed by atoms with Crippen molar-refractivity contribution in [2.45, 2.75) is 18.4 Å². The zero-order valence-electron chi connectivity index (χ0n) is 6.10. The molecule has 7 nitrogen and oxygen atoms in total. The van der Waals surface area contributed by atoms with E-state index in [0.29, 0.717) is 0 Å². The summed E-state index contributed by atoms with van der Waals surface area (Å²) in [4.78, 5) is 33.5. The Labute approximate surface area is 68.4 Å². The molecule has 0 bridgehead atoms. The molecule has 0 aliphatic rings. The molecule has 0 heterocycles. The van der Waals surface area contributed by atoms with Crippen LogP contribution in [0.1, 0.15) is 6.92 Å². The Morgan fingerprint density at radius 1 is 1.00 bits per heavy atom. The Balaban J connectivity index is 4.64. The van der Waals surface area contributed by atoms with Gasteiger partial charge in [-0.05, 0) is 6.92 Å². The number of hydrogen-bond acceptors (Lipinski definition) is 3. The topological polar surface area (TPSA) is 135 Å². The van der Waals surface area contributed by atoms with Gasteiger partial charge in [-0.2, -0.15) is 0 Å². The van der Waals surface area contributed by atoms with Gasteiger partial charge < -0.3 is 24.7 Å². The average molecular weight is 220 g/mol. The molecule has 0 saturated carbocycles. The van der Waals surface area contributed by atoms with Gasteiger partial charge in [-0.25, -0.2) is 0 Å². The van der Waals surface area contributed by atoms with Crippen LogP contribution in [0.15, 0.2) is 0 Å². The Kier molecular flexibility index (Phi) is 3.63. The number of aliphatic hydroxyl groups is 1. The monoisotopic (exact) mass is 220 g/mol. The van der Waals surface area contributed by atoms with Crippen molar-refractivity contribution in [1.82, 2.24) is 0 Å². The van der Waals surface area contributed by atoms with Gasteiger partial charge >= 0.3 is 15.2 Å². The summed E-state index contributed by atoms with van der Waals surface area (Å²) in [5.41, 5.74) is -1.77. The van der Waals surface area contributed by atoms with Crippen LogP contribution in [0.2, 0.25) is 0 Å². The lowest BCUT2D eigenvalue weighted by atomic mass is 10.5. The van der Waals surface area contributed by atoms with Crippen molar-refractivity contribution < 1.29 is 33.8 Å². The Bertz CT molecular complexity index is 211. The fraction of sp³-hybridized carbons (Fsp3) is 1.00. The van der Waals surface area contributed by atoms with Crippen molar-refractivity contribution in [2.24, 2.45) is 0 Å². The highest BCUT2D eigenvalue weighted by Crippen LogP contribution is 2.52. The summed E-state index contributed by atoms with van der Waals surface area (Å²) in [5.74, 6) is -2.32. The molecular formula is C3H10O7P2. The number of hydrogen-bond donors (Lipinski definition) is 5. The second-order valence-corrected chi connectivity index (χ2v) is 6.03. The second kappa shape index (κ2) is 3.55. The van der Waals surface area contributed by atoms with Gasteiger partial charge in [0.15, 0.2) is 5.85 Å². The molecule has 0 saturated heterocycles. The van der Waals surface area contributed by atoms with E-state index in [2.05, 4.69) is 0 Å². The molecule has 0 spiro atoms. The highest BCUT2D eigenvalue weighted by Gasteiger charge is 2.40. The first-order chi connectivity index (χ1) is 5.07. The highest BCUT2D eigenvalue weighted by molar-refractivity contribution is 7.57. The third-order valence-electron chi connectivity index (χ3n) is 1.31. The zero-order valence-corrected chi connectivity index (χ0v) is 7.89. The molecule has 0 aliphatic carbocycles. The van der Waals surface area contributed by atoms with Crippen LogP contribution in [0, 0.1) is 0 Å². The molecule has 2 unspecified atom stereocenters. The van der Waals surface area contributed by atoms with Gasteiger partial charge in [-0.3, -0.25) is 9.13 Å². The van der Waals surface area contributed by atoms with Crippen molar-refractivity contribution in [1.29, 1.82) is 0 Å². The van der Waals surface area contributed by atoms with Crippen LogP contribution in [0.4, 0.5) is 0 Å². The molecule has 0 aliphatic heterocycles. The summed E-state index contributed by atoms with van der Waals surface area (Å²) >= 11 is 0. The third-order valence-corrected chi connectivity index (χ3v) is 4.02. The Hall–Kier alpha value is 0.260. The molecule has 74 valence electrons. The predicted octanol–water partition coefficient (Wildman–Crippen LogP) is -0.951. The van der Waals surface area contributed by atoms with Gasteiger partial charge in [0.05, 0.1) is 5.66 Å². The molecule has 0 rings (SSSR count). The molecule has 5 N–H and O–H groups in total. The summed E-state index contributed by atoms with van der Waals surface area (Å²) in [7, 11) is -9.50. The van der Waals surface area contributed by atoms with Crippen LogP contribution in [-0.4, -0.2) is 36.2 Å². The third kappa shape index (κ3) is 3.33. The first-order valence-electron chi connectivity index (χ1n) is 2.85. The van der Waals surface area contributed by atoms with Gasteiger partial charge in [0, 0.05) is 0 Å². The molecule has 2 atom stereocenters. The molecule has 0 aromatic rings. The molecule has 9 heteroatoms. The predicted molar refractivity (Wildman–Crippen MR) is 39.6 cm³/mol. The summed E-state index contributed by atoms with van der Waals surface area (Å²) in [6.45, 7) is 0.866. The van der Waals surface area contributed by atoms with Crippen molar-refractivity contribution in [3.05, 3.63) is 0 Å². The first kappa shape index (κ1) is 12.3. The van der Waals surface area contributed by atoms with E-state index < -0.39 is 26.7 Å². The quantitative estimate of drug-likeness (QED) is 0.387. The SMILES string of the molecule is CC(C(O)P(=O)(O)O)P(=O)(O)O. The fourth-order valence-electron chi connectivity index (χ4n) is 0.455. The van der Waals surface area contributed by atoms with Crippen molar-refractivity contribution in [3.63, 3.8) is 0 Å². The number of rotatable bonds is 3. The van der Waals surface area contributed by atoms with E-state index >= 15 is 0 Å². The van der Waals surface area contributed by atoms with Crippen LogP contribution in [0.25, 0.3) is 0 Å². The van der Waals surface area contributed by atoms with Gasteiger partial charge in [0.2, 0.25) is 0 Å². The lowest BCUT2D eigenvalue weighted by molar-refractivity contribution is 0.189.